The van der Waals surface area contributed by atoms with Crippen LogP contribution in [0.1, 0.15) is 90.5 Å². The first kappa shape index (κ1) is 31.2. The smallest absolute Gasteiger partial charge is 0.408 e. The van der Waals surface area contributed by atoms with Crippen LogP contribution in [0.3, 0.4) is 0 Å². The molecule has 0 spiro atoms. The van der Waals surface area contributed by atoms with Crippen molar-refractivity contribution in [3.05, 3.63) is 47.5 Å². The van der Waals surface area contributed by atoms with Crippen LogP contribution in [0.4, 0.5) is 4.79 Å². The Hall–Kier alpha value is -2.83. The molecule has 0 aliphatic rings. The molecule has 0 fully saturated rings. The molecule has 3 amide bonds. The number of hydrogen-bond donors (Lipinski definition) is 2. The maximum absolute atomic E-state index is 14.0. The van der Waals surface area contributed by atoms with Crippen molar-refractivity contribution in [2.24, 2.45) is 5.92 Å². The van der Waals surface area contributed by atoms with Gasteiger partial charge >= 0.3 is 6.09 Å². The second kappa shape index (κ2) is 14.0. The van der Waals surface area contributed by atoms with Gasteiger partial charge in [-0.05, 0) is 71.4 Å². The summed E-state index contributed by atoms with van der Waals surface area (Å²) in [5.74, 6) is -0.476. The molecule has 0 bridgehead atoms. The van der Waals surface area contributed by atoms with Gasteiger partial charge in [-0.2, -0.15) is 0 Å². The van der Waals surface area contributed by atoms with E-state index < -0.39 is 23.8 Å². The summed E-state index contributed by atoms with van der Waals surface area (Å²) in [5.41, 5.74) is 1.96. The van der Waals surface area contributed by atoms with Crippen LogP contribution in [0.2, 0.25) is 0 Å². The van der Waals surface area contributed by atoms with E-state index >= 15 is 0 Å². The first-order chi connectivity index (χ1) is 16.7. The number of nitrogens with zero attached hydrogens (tertiary/aromatic N) is 1. The van der Waals surface area contributed by atoms with Crippen molar-refractivity contribution in [1.82, 2.24) is 15.5 Å². The van der Waals surface area contributed by atoms with E-state index in [2.05, 4.69) is 24.1 Å². The van der Waals surface area contributed by atoms with Gasteiger partial charge in [-0.3, -0.25) is 9.59 Å². The molecule has 1 rings (SSSR count). The number of carbonyl (C=O) groups is 3. The molecule has 0 aliphatic carbocycles. The molecule has 0 radical (unpaired) electrons. The molecule has 7 nitrogen and oxygen atoms in total. The SMILES string of the molecule is C=CCN(C(=O)C(CC(C)C)NC(=O)OC(C)(C)C)C(C(=O)NC(C)CCC)c1cc(C)ccc1C. The van der Waals surface area contributed by atoms with Crippen molar-refractivity contribution in [2.75, 3.05) is 6.54 Å². The van der Waals surface area contributed by atoms with Crippen LogP contribution in [0, 0.1) is 19.8 Å². The highest BCUT2D eigenvalue weighted by molar-refractivity contribution is 5.92. The van der Waals surface area contributed by atoms with Gasteiger partial charge in [0.25, 0.3) is 0 Å². The molecule has 2 N–H and O–H groups in total. The van der Waals surface area contributed by atoms with Gasteiger partial charge < -0.3 is 20.3 Å². The highest BCUT2D eigenvalue weighted by Gasteiger charge is 2.37. The second-order valence-corrected chi connectivity index (χ2v) is 11.1. The maximum Gasteiger partial charge on any atom is 0.408 e. The van der Waals surface area contributed by atoms with Gasteiger partial charge in [-0.25, -0.2) is 4.79 Å². The Morgan fingerprint density at radius 3 is 2.28 bits per heavy atom. The highest BCUT2D eigenvalue weighted by Crippen LogP contribution is 2.28. The average molecular weight is 502 g/mol. The van der Waals surface area contributed by atoms with Crippen LogP contribution in [0.15, 0.2) is 30.9 Å². The Bertz CT molecular complexity index is 904. The predicted molar refractivity (Wildman–Crippen MR) is 146 cm³/mol. The minimum absolute atomic E-state index is 0.0397. The fraction of sp³-hybridized carbons (Fsp3) is 0.621. The first-order valence-corrected chi connectivity index (χ1v) is 13.0. The number of aryl methyl sites for hydroxylation is 2. The van der Waals surface area contributed by atoms with Crippen molar-refractivity contribution in [3.63, 3.8) is 0 Å². The molecule has 7 heteroatoms. The van der Waals surface area contributed by atoms with Crippen molar-refractivity contribution >= 4 is 17.9 Å². The molecule has 3 unspecified atom stereocenters. The lowest BCUT2D eigenvalue weighted by molar-refractivity contribution is -0.142. The lowest BCUT2D eigenvalue weighted by Gasteiger charge is -2.35. The molecular weight excluding hydrogens is 454 g/mol. The van der Waals surface area contributed by atoms with E-state index in [0.29, 0.717) is 6.42 Å². The standard InChI is InChI=1S/C29H47N3O4/c1-11-13-22(7)30-26(33)25(23-18-20(5)14-15-21(23)6)32(16-12-2)27(34)24(17-19(3)4)31-28(35)36-29(8,9)10/h12,14-15,18-19,22,24-25H,2,11,13,16-17H2,1,3-10H3,(H,30,33)(H,31,35). The van der Waals surface area contributed by atoms with Crippen LogP contribution in [0.25, 0.3) is 0 Å². The molecule has 1 aromatic carbocycles. The van der Waals surface area contributed by atoms with Gasteiger partial charge in [0.05, 0.1) is 0 Å². The number of nitrogens with one attached hydrogen (secondary N) is 2. The number of ether oxygens (including phenoxy) is 1. The average Bonchev–Trinajstić information content (AvgIpc) is 2.73. The quantitative estimate of drug-likeness (QED) is 0.365. The zero-order chi connectivity index (χ0) is 27.6. The molecule has 0 heterocycles. The van der Waals surface area contributed by atoms with Crippen LogP contribution in [-0.2, 0) is 14.3 Å². The summed E-state index contributed by atoms with van der Waals surface area (Å²) < 4.78 is 5.43. The van der Waals surface area contributed by atoms with Gasteiger partial charge in [0, 0.05) is 12.6 Å². The van der Waals surface area contributed by atoms with Crippen molar-refractivity contribution in [1.29, 1.82) is 0 Å². The van der Waals surface area contributed by atoms with E-state index in [0.717, 1.165) is 29.5 Å². The summed E-state index contributed by atoms with van der Waals surface area (Å²) in [6.07, 6.45) is 3.11. The van der Waals surface area contributed by atoms with Crippen LogP contribution >= 0.6 is 0 Å². The van der Waals surface area contributed by atoms with Gasteiger partial charge in [0.1, 0.15) is 17.7 Å². The lowest BCUT2D eigenvalue weighted by Crippen LogP contribution is -2.54. The summed E-state index contributed by atoms with van der Waals surface area (Å²) in [5, 5.41) is 5.85. The Morgan fingerprint density at radius 2 is 1.75 bits per heavy atom. The van der Waals surface area contributed by atoms with Gasteiger partial charge in [-0.1, -0.05) is 57.0 Å². The third-order valence-corrected chi connectivity index (χ3v) is 5.70. The normalized spacial score (nSPS) is 13.9. The number of amides is 3. The molecular formula is C29H47N3O4. The summed E-state index contributed by atoms with van der Waals surface area (Å²) in [4.78, 5) is 41.9. The largest absolute Gasteiger partial charge is 0.444 e. The Labute approximate surface area is 218 Å². The summed E-state index contributed by atoms with van der Waals surface area (Å²) in [6.45, 7) is 21.2. The van der Waals surface area contributed by atoms with Gasteiger partial charge in [0.15, 0.2) is 0 Å². The lowest BCUT2D eigenvalue weighted by atomic mass is 9.95. The Kier molecular flexibility index (Phi) is 12.2. The van der Waals surface area contributed by atoms with E-state index in [4.69, 9.17) is 4.74 Å². The molecule has 0 saturated heterocycles. The molecule has 36 heavy (non-hydrogen) atoms. The third-order valence-electron chi connectivity index (χ3n) is 5.70. The molecule has 0 aliphatic heterocycles. The van der Waals surface area contributed by atoms with E-state index in [1.807, 2.05) is 52.8 Å². The van der Waals surface area contributed by atoms with Gasteiger partial charge in [-0.15, -0.1) is 6.58 Å². The molecule has 3 atom stereocenters. The van der Waals surface area contributed by atoms with Crippen molar-refractivity contribution < 1.29 is 19.1 Å². The number of benzene rings is 1. The van der Waals surface area contributed by atoms with E-state index in [1.54, 1.807) is 26.8 Å². The Morgan fingerprint density at radius 1 is 1.11 bits per heavy atom. The van der Waals surface area contributed by atoms with Crippen molar-refractivity contribution in [2.45, 2.75) is 105 Å². The van der Waals surface area contributed by atoms with Crippen LogP contribution in [-0.4, -0.2) is 47.0 Å². The second-order valence-electron chi connectivity index (χ2n) is 11.1. The van der Waals surface area contributed by atoms with Gasteiger partial charge in [0.2, 0.25) is 11.8 Å². The minimum Gasteiger partial charge on any atom is -0.444 e. The zero-order valence-electron chi connectivity index (χ0n) is 23.7. The molecule has 0 aromatic heterocycles. The van der Waals surface area contributed by atoms with Crippen LogP contribution < -0.4 is 10.6 Å². The zero-order valence-corrected chi connectivity index (χ0v) is 23.7. The highest BCUT2D eigenvalue weighted by atomic mass is 16.6. The fourth-order valence-corrected chi connectivity index (χ4v) is 4.14. The third kappa shape index (κ3) is 10.0. The van der Waals surface area contributed by atoms with E-state index in [9.17, 15) is 14.4 Å². The Balaban J connectivity index is 3.52. The number of carbonyl (C=O) groups excluding carboxylic acids is 3. The monoisotopic (exact) mass is 501 g/mol. The molecule has 0 saturated carbocycles. The van der Waals surface area contributed by atoms with Crippen LogP contribution in [0.5, 0.6) is 0 Å². The molecule has 1 aromatic rings. The maximum atomic E-state index is 14.0. The minimum atomic E-state index is -0.871. The fourth-order valence-electron chi connectivity index (χ4n) is 4.14. The summed E-state index contributed by atoms with van der Waals surface area (Å²) >= 11 is 0. The molecule has 202 valence electrons. The number of rotatable bonds is 12. The summed E-state index contributed by atoms with van der Waals surface area (Å²) in [6, 6.07) is 4.13. The predicted octanol–water partition coefficient (Wildman–Crippen LogP) is 5.60. The number of alkyl carbamates (subject to hydrolysis) is 1. The van der Waals surface area contributed by atoms with E-state index in [-0.39, 0.29) is 30.3 Å². The first-order valence-electron chi connectivity index (χ1n) is 13.0. The number of hydrogen-bond acceptors (Lipinski definition) is 4. The van der Waals surface area contributed by atoms with E-state index in [1.165, 1.54) is 4.90 Å². The topological polar surface area (TPSA) is 87.7 Å². The summed E-state index contributed by atoms with van der Waals surface area (Å²) in [7, 11) is 0. The van der Waals surface area contributed by atoms with Crippen molar-refractivity contribution in [3.8, 4) is 0 Å².